The number of likely N-dealkylation sites (tertiary alicyclic amines) is 1. The second kappa shape index (κ2) is 8.62. The normalized spacial score (nSPS) is 19.4. The molecule has 9 heteroatoms. The lowest BCUT2D eigenvalue weighted by atomic mass is 9.94. The first kappa shape index (κ1) is 22.2. The molecule has 1 fully saturated rings. The molecule has 3 heterocycles. The lowest BCUT2D eigenvalue weighted by Crippen LogP contribution is -2.42. The fourth-order valence-corrected chi connectivity index (χ4v) is 4.81. The number of nitrogens with zero attached hydrogens (tertiary/aromatic N) is 5. The highest BCUT2D eigenvalue weighted by atomic mass is 16.6. The van der Waals surface area contributed by atoms with Gasteiger partial charge in [0, 0.05) is 42.7 Å². The summed E-state index contributed by atoms with van der Waals surface area (Å²) in [6.45, 7) is 6.89. The predicted octanol–water partition coefficient (Wildman–Crippen LogP) is 4.71. The van der Waals surface area contributed by atoms with Crippen molar-refractivity contribution in [2.45, 2.75) is 58.0 Å². The Labute approximate surface area is 198 Å². The van der Waals surface area contributed by atoms with Crippen molar-refractivity contribution < 1.29 is 14.7 Å². The number of benzene rings is 1. The van der Waals surface area contributed by atoms with Gasteiger partial charge in [-0.15, -0.1) is 0 Å². The molecule has 2 N–H and O–H groups in total. The molecule has 5 rings (SSSR count). The molecule has 1 unspecified atom stereocenters. The number of amides is 1. The van der Waals surface area contributed by atoms with Gasteiger partial charge in [-0.25, -0.2) is 9.78 Å². The molecular weight excluding hydrogens is 432 g/mol. The van der Waals surface area contributed by atoms with Crippen LogP contribution in [0.1, 0.15) is 62.8 Å². The zero-order valence-corrected chi connectivity index (χ0v) is 19.8. The average Bonchev–Trinajstić information content (AvgIpc) is 3.39. The van der Waals surface area contributed by atoms with Gasteiger partial charge in [0.25, 0.3) is 0 Å². The summed E-state index contributed by atoms with van der Waals surface area (Å²) in [6.07, 6.45) is 8.51. The van der Waals surface area contributed by atoms with Gasteiger partial charge in [-0.05, 0) is 64.2 Å². The van der Waals surface area contributed by atoms with Crippen LogP contribution in [0.25, 0.3) is 5.65 Å². The molecule has 0 bridgehead atoms. The van der Waals surface area contributed by atoms with Crippen molar-refractivity contribution in [3.05, 3.63) is 53.6 Å². The number of oxime groups is 1. The Morgan fingerprint density at radius 3 is 2.94 bits per heavy atom. The molecule has 0 spiro atoms. The van der Waals surface area contributed by atoms with E-state index in [1.54, 1.807) is 17.3 Å². The molecule has 1 atom stereocenters. The van der Waals surface area contributed by atoms with Gasteiger partial charge in [0.15, 0.2) is 5.65 Å². The highest BCUT2D eigenvalue weighted by molar-refractivity contribution is 6.04. The molecule has 1 amide bonds. The van der Waals surface area contributed by atoms with E-state index < -0.39 is 5.60 Å². The number of aryl methyl sites for hydroxylation is 1. The van der Waals surface area contributed by atoms with Crippen molar-refractivity contribution in [3.8, 4) is 0 Å². The standard InChI is InChI=1S/C25H30N6O3/c1-25(2,3)34-24(32)30-11-4-5-17(15-30)22-23(31-12-10-26-14-21(31)28-22)27-18-7-8-19-16(13-18)6-9-20(19)29-33/h7-8,10,12-14,17,27,33H,4-6,9,11,15H2,1-3H3/b29-20+. The molecule has 178 valence electrons. The Bertz CT molecular complexity index is 1260. The molecule has 1 aromatic carbocycles. The third kappa shape index (κ3) is 4.30. The van der Waals surface area contributed by atoms with Crippen LogP contribution in [0.2, 0.25) is 0 Å². The van der Waals surface area contributed by atoms with Gasteiger partial charge in [-0.3, -0.25) is 9.38 Å². The Morgan fingerprint density at radius 2 is 2.15 bits per heavy atom. The number of fused-ring (bicyclic) bond motifs is 2. The molecule has 0 saturated carbocycles. The Morgan fingerprint density at radius 1 is 1.29 bits per heavy atom. The summed E-state index contributed by atoms with van der Waals surface area (Å²) in [7, 11) is 0. The van der Waals surface area contributed by atoms with Gasteiger partial charge in [0.1, 0.15) is 11.4 Å². The molecule has 1 aliphatic heterocycles. The summed E-state index contributed by atoms with van der Waals surface area (Å²) in [5.74, 6) is 0.952. The number of imidazole rings is 1. The summed E-state index contributed by atoms with van der Waals surface area (Å²) in [6, 6.07) is 6.09. The summed E-state index contributed by atoms with van der Waals surface area (Å²) in [5, 5.41) is 16.2. The van der Waals surface area contributed by atoms with Crippen LogP contribution in [0.3, 0.4) is 0 Å². The van der Waals surface area contributed by atoms with Gasteiger partial charge in [-0.1, -0.05) is 11.2 Å². The molecule has 2 aliphatic rings. The number of hydrogen-bond acceptors (Lipinski definition) is 7. The van der Waals surface area contributed by atoms with E-state index in [-0.39, 0.29) is 12.0 Å². The number of nitrogens with one attached hydrogen (secondary N) is 1. The maximum absolute atomic E-state index is 12.7. The van der Waals surface area contributed by atoms with Gasteiger partial charge >= 0.3 is 6.09 Å². The maximum atomic E-state index is 12.7. The van der Waals surface area contributed by atoms with Crippen molar-refractivity contribution in [2.75, 3.05) is 18.4 Å². The third-order valence-corrected chi connectivity index (χ3v) is 6.35. The van der Waals surface area contributed by atoms with Crippen molar-refractivity contribution in [3.63, 3.8) is 0 Å². The molecule has 2 aromatic heterocycles. The fraction of sp³-hybridized carbons (Fsp3) is 0.440. The first-order valence-electron chi connectivity index (χ1n) is 11.7. The summed E-state index contributed by atoms with van der Waals surface area (Å²) >= 11 is 0. The van der Waals surface area contributed by atoms with Crippen LogP contribution in [0.4, 0.5) is 16.3 Å². The van der Waals surface area contributed by atoms with Crippen LogP contribution in [0.15, 0.2) is 41.9 Å². The van der Waals surface area contributed by atoms with Crippen molar-refractivity contribution in [1.29, 1.82) is 0 Å². The van der Waals surface area contributed by atoms with Crippen LogP contribution < -0.4 is 5.32 Å². The lowest BCUT2D eigenvalue weighted by Gasteiger charge is -2.33. The number of piperidine rings is 1. The van der Waals surface area contributed by atoms with E-state index >= 15 is 0 Å². The van der Waals surface area contributed by atoms with Gasteiger partial charge < -0.3 is 20.2 Å². The van der Waals surface area contributed by atoms with Crippen LogP contribution in [0, 0.1) is 0 Å². The minimum Gasteiger partial charge on any atom is -0.444 e. The fourth-order valence-electron chi connectivity index (χ4n) is 4.81. The number of rotatable bonds is 3. The Balaban J connectivity index is 1.46. The quantitative estimate of drug-likeness (QED) is 0.431. The van der Waals surface area contributed by atoms with Crippen LogP contribution >= 0.6 is 0 Å². The van der Waals surface area contributed by atoms with E-state index in [4.69, 9.17) is 9.72 Å². The molecular formula is C25H30N6O3. The smallest absolute Gasteiger partial charge is 0.410 e. The van der Waals surface area contributed by atoms with E-state index in [0.717, 1.165) is 65.4 Å². The Kier molecular flexibility index (Phi) is 5.63. The molecule has 1 aliphatic carbocycles. The van der Waals surface area contributed by atoms with E-state index in [0.29, 0.717) is 13.1 Å². The van der Waals surface area contributed by atoms with Crippen LogP contribution in [0.5, 0.6) is 0 Å². The monoisotopic (exact) mass is 462 g/mol. The van der Waals surface area contributed by atoms with Crippen molar-refractivity contribution in [1.82, 2.24) is 19.3 Å². The molecule has 0 radical (unpaired) electrons. The summed E-state index contributed by atoms with van der Waals surface area (Å²) < 4.78 is 7.62. The topological polar surface area (TPSA) is 104 Å². The van der Waals surface area contributed by atoms with Crippen LogP contribution in [-0.2, 0) is 11.2 Å². The number of carbonyl (C=O) groups is 1. The summed E-state index contributed by atoms with van der Waals surface area (Å²) in [5.41, 5.74) is 4.97. The number of ether oxygens (including phenoxy) is 1. The minimum absolute atomic E-state index is 0.0752. The number of anilines is 2. The largest absolute Gasteiger partial charge is 0.444 e. The third-order valence-electron chi connectivity index (χ3n) is 6.35. The van der Waals surface area contributed by atoms with Crippen molar-refractivity contribution >= 4 is 29.0 Å². The van der Waals surface area contributed by atoms with Crippen LogP contribution in [-0.4, -0.2) is 55.0 Å². The van der Waals surface area contributed by atoms with E-state index in [9.17, 15) is 10.0 Å². The van der Waals surface area contributed by atoms with Gasteiger partial charge in [0.2, 0.25) is 0 Å². The average molecular weight is 463 g/mol. The van der Waals surface area contributed by atoms with E-state index in [1.165, 1.54) is 0 Å². The highest BCUT2D eigenvalue weighted by Crippen LogP contribution is 2.35. The SMILES string of the molecule is CC(C)(C)OC(=O)N1CCCC(c2nc3cnccn3c2Nc2ccc3c(c2)CC/C3=N\O)C1. The van der Waals surface area contributed by atoms with E-state index in [1.807, 2.05) is 43.5 Å². The minimum atomic E-state index is -0.528. The second-order valence-corrected chi connectivity index (χ2v) is 9.96. The highest BCUT2D eigenvalue weighted by Gasteiger charge is 2.31. The lowest BCUT2D eigenvalue weighted by molar-refractivity contribution is 0.0197. The maximum Gasteiger partial charge on any atom is 0.410 e. The molecule has 9 nitrogen and oxygen atoms in total. The summed E-state index contributed by atoms with van der Waals surface area (Å²) in [4.78, 5) is 23.7. The second-order valence-electron chi connectivity index (χ2n) is 9.96. The predicted molar refractivity (Wildman–Crippen MR) is 129 cm³/mol. The van der Waals surface area contributed by atoms with Gasteiger partial charge in [0.05, 0.1) is 17.6 Å². The van der Waals surface area contributed by atoms with Gasteiger partial charge in [-0.2, -0.15) is 0 Å². The first-order valence-corrected chi connectivity index (χ1v) is 11.7. The zero-order chi connectivity index (χ0) is 23.9. The molecule has 34 heavy (non-hydrogen) atoms. The van der Waals surface area contributed by atoms with Crippen molar-refractivity contribution in [2.24, 2.45) is 5.16 Å². The molecule has 1 saturated heterocycles. The molecule has 3 aromatic rings. The Hall–Kier alpha value is -3.62. The number of hydrogen-bond donors (Lipinski definition) is 2. The zero-order valence-electron chi connectivity index (χ0n) is 19.8. The number of aromatic nitrogens is 3. The van der Waals surface area contributed by atoms with E-state index in [2.05, 4.69) is 21.5 Å². The first-order chi connectivity index (χ1) is 16.3. The number of carbonyl (C=O) groups excluding carboxylic acids is 1.